The van der Waals surface area contributed by atoms with Crippen LogP contribution in [0.1, 0.15) is 11.7 Å². The minimum atomic E-state index is -1.61. The zero-order valence-electron chi connectivity index (χ0n) is 5.96. The number of nitriles is 1. The lowest BCUT2D eigenvalue weighted by atomic mass is 10.1. The van der Waals surface area contributed by atoms with Crippen LogP contribution in [0.2, 0.25) is 0 Å². The normalized spacial score (nSPS) is 12.2. The maximum atomic E-state index is 12.7. The van der Waals surface area contributed by atoms with Gasteiger partial charge in [-0.25, -0.2) is 8.78 Å². The van der Waals surface area contributed by atoms with Crippen molar-refractivity contribution in [2.75, 3.05) is 0 Å². The molecule has 1 unspecified atom stereocenters. The minimum absolute atomic E-state index is 0.336. The number of aliphatic hydroxyl groups is 1. The molecule has 1 N–H and O–H groups in total. The lowest BCUT2D eigenvalue weighted by Gasteiger charge is -2.02. The zero-order chi connectivity index (χ0) is 9.14. The molecule has 0 aliphatic rings. The van der Waals surface area contributed by atoms with Crippen molar-refractivity contribution in [3.05, 3.63) is 35.4 Å². The van der Waals surface area contributed by atoms with Gasteiger partial charge in [-0.2, -0.15) is 5.26 Å². The molecule has 1 aromatic rings. The Bertz CT molecular complexity index is 332. The van der Waals surface area contributed by atoms with Crippen LogP contribution >= 0.6 is 0 Å². The number of hydrogen-bond donors (Lipinski definition) is 1. The molecule has 0 amide bonds. The van der Waals surface area contributed by atoms with Crippen LogP contribution in [0.3, 0.4) is 0 Å². The summed E-state index contributed by atoms with van der Waals surface area (Å²) in [7, 11) is 0. The van der Waals surface area contributed by atoms with Crippen molar-refractivity contribution in [3.63, 3.8) is 0 Å². The average molecular weight is 169 g/mol. The van der Waals surface area contributed by atoms with Crippen molar-refractivity contribution in [1.29, 1.82) is 5.26 Å². The van der Waals surface area contributed by atoms with E-state index in [4.69, 9.17) is 10.4 Å². The molecule has 0 aromatic heterocycles. The van der Waals surface area contributed by atoms with Gasteiger partial charge < -0.3 is 5.11 Å². The molecular weight excluding hydrogens is 164 g/mol. The fraction of sp³-hybridized carbons (Fsp3) is 0.125. The zero-order valence-corrected chi connectivity index (χ0v) is 5.96. The molecule has 0 bridgehead atoms. The number of halogens is 2. The van der Waals surface area contributed by atoms with Crippen molar-refractivity contribution >= 4 is 0 Å². The van der Waals surface area contributed by atoms with Crippen LogP contribution in [0, 0.1) is 23.0 Å². The molecule has 12 heavy (non-hydrogen) atoms. The largest absolute Gasteiger partial charge is 0.374 e. The topological polar surface area (TPSA) is 44.0 Å². The molecule has 0 spiro atoms. The van der Waals surface area contributed by atoms with Gasteiger partial charge in [-0.3, -0.25) is 0 Å². The summed E-state index contributed by atoms with van der Waals surface area (Å²) in [4.78, 5) is 0. The number of rotatable bonds is 1. The summed E-state index contributed by atoms with van der Waals surface area (Å²) in [5.74, 6) is -1.47. The second-order valence-corrected chi connectivity index (χ2v) is 2.20. The molecule has 2 nitrogen and oxygen atoms in total. The van der Waals surface area contributed by atoms with Crippen molar-refractivity contribution in [3.8, 4) is 6.07 Å². The molecule has 0 radical (unpaired) electrons. The van der Waals surface area contributed by atoms with Gasteiger partial charge in [0, 0.05) is 5.56 Å². The van der Waals surface area contributed by atoms with Crippen LogP contribution in [0.4, 0.5) is 8.78 Å². The summed E-state index contributed by atoms with van der Waals surface area (Å²) in [5.41, 5.74) is -0.336. The summed E-state index contributed by atoms with van der Waals surface area (Å²) in [5, 5.41) is 17.1. The molecule has 4 heteroatoms. The van der Waals surface area contributed by atoms with Crippen LogP contribution < -0.4 is 0 Å². The van der Waals surface area contributed by atoms with Gasteiger partial charge in [-0.15, -0.1) is 0 Å². The highest BCUT2D eigenvalue weighted by Crippen LogP contribution is 2.16. The monoisotopic (exact) mass is 169 g/mol. The van der Waals surface area contributed by atoms with Gasteiger partial charge in [0.2, 0.25) is 0 Å². The van der Waals surface area contributed by atoms with Crippen LogP contribution in [-0.4, -0.2) is 5.11 Å². The van der Waals surface area contributed by atoms with Crippen LogP contribution in [0.15, 0.2) is 18.2 Å². The van der Waals surface area contributed by atoms with Gasteiger partial charge in [0.25, 0.3) is 0 Å². The Labute approximate surface area is 67.7 Å². The first-order valence-electron chi connectivity index (χ1n) is 3.18. The van der Waals surface area contributed by atoms with Crippen LogP contribution in [0.5, 0.6) is 0 Å². The van der Waals surface area contributed by atoms with Gasteiger partial charge in [0.1, 0.15) is 11.6 Å². The molecule has 0 aliphatic carbocycles. The molecule has 1 aromatic carbocycles. The number of hydrogen-bond acceptors (Lipinski definition) is 2. The second kappa shape index (κ2) is 3.28. The van der Waals surface area contributed by atoms with E-state index in [9.17, 15) is 8.78 Å². The number of benzene rings is 1. The fourth-order valence-electron chi connectivity index (χ4n) is 0.794. The lowest BCUT2D eigenvalue weighted by Crippen LogP contribution is -1.98. The summed E-state index contributed by atoms with van der Waals surface area (Å²) >= 11 is 0. The maximum absolute atomic E-state index is 12.7. The molecule has 0 heterocycles. The van der Waals surface area contributed by atoms with Crippen molar-refractivity contribution in [1.82, 2.24) is 0 Å². The number of aliphatic hydroxyl groups excluding tert-OH is 1. The summed E-state index contributed by atoms with van der Waals surface area (Å²) < 4.78 is 25.2. The third-order valence-corrected chi connectivity index (χ3v) is 1.37. The molecule has 1 atom stereocenters. The van der Waals surface area contributed by atoms with E-state index >= 15 is 0 Å². The Kier molecular flexibility index (Phi) is 2.36. The van der Waals surface area contributed by atoms with E-state index < -0.39 is 17.7 Å². The summed E-state index contributed by atoms with van der Waals surface area (Å²) in [6.45, 7) is 0. The number of nitrogens with zero attached hydrogens (tertiary/aromatic N) is 1. The predicted octanol–water partition coefficient (Wildman–Crippen LogP) is 1.52. The molecular formula is C8H5F2NO. The van der Waals surface area contributed by atoms with Crippen molar-refractivity contribution in [2.45, 2.75) is 6.10 Å². The van der Waals surface area contributed by atoms with Gasteiger partial charge >= 0.3 is 0 Å². The molecule has 0 saturated heterocycles. The lowest BCUT2D eigenvalue weighted by molar-refractivity contribution is 0.229. The average Bonchev–Trinajstić information content (AvgIpc) is 2.08. The van der Waals surface area contributed by atoms with Gasteiger partial charge in [0.15, 0.2) is 6.10 Å². The fourth-order valence-corrected chi connectivity index (χ4v) is 0.794. The summed E-state index contributed by atoms with van der Waals surface area (Å²) in [6.07, 6.45) is -1.61. The Morgan fingerprint density at radius 2 is 2.08 bits per heavy atom. The van der Waals surface area contributed by atoms with Crippen molar-refractivity contribution in [2.24, 2.45) is 0 Å². The summed E-state index contributed by atoms with van der Waals surface area (Å²) in [6, 6.07) is 3.98. The second-order valence-electron chi connectivity index (χ2n) is 2.20. The van der Waals surface area contributed by atoms with E-state index in [1.807, 2.05) is 0 Å². The SMILES string of the molecule is N#CC(O)c1cc(F)ccc1F. The molecule has 0 aliphatic heterocycles. The van der Waals surface area contributed by atoms with Crippen LogP contribution in [0.25, 0.3) is 0 Å². The standard InChI is InChI=1S/C8H5F2NO/c9-5-1-2-7(10)6(3-5)8(12)4-11/h1-3,8,12H. The predicted molar refractivity (Wildman–Crippen MR) is 36.9 cm³/mol. The van der Waals surface area contributed by atoms with Gasteiger partial charge in [0.05, 0.1) is 6.07 Å². The van der Waals surface area contributed by atoms with Gasteiger partial charge in [-0.05, 0) is 18.2 Å². The quantitative estimate of drug-likeness (QED) is 0.647. The Hall–Kier alpha value is -1.47. The molecule has 62 valence electrons. The first-order chi connectivity index (χ1) is 5.65. The van der Waals surface area contributed by atoms with E-state index in [2.05, 4.69) is 0 Å². The van der Waals surface area contributed by atoms with Crippen LogP contribution in [-0.2, 0) is 0 Å². The molecule has 0 fully saturated rings. The van der Waals surface area contributed by atoms with E-state index in [-0.39, 0.29) is 5.56 Å². The molecule has 1 rings (SSSR count). The molecule has 0 saturated carbocycles. The Balaban J connectivity index is 3.15. The highest BCUT2D eigenvalue weighted by molar-refractivity contribution is 5.24. The van der Waals surface area contributed by atoms with E-state index in [1.165, 1.54) is 6.07 Å². The Morgan fingerprint density at radius 3 is 2.67 bits per heavy atom. The first-order valence-corrected chi connectivity index (χ1v) is 3.18. The smallest absolute Gasteiger partial charge is 0.168 e. The van der Waals surface area contributed by atoms with Crippen molar-refractivity contribution < 1.29 is 13.9 Å². The Morgan fingerprint density at radius 1 is 1.42 bits per heavy atom. The van der Waals surface area contributed by atoms with E-state index in [1.54, 1.807) is 0 Å². The minimum Gasteiger partial charge on any atom is -0.374 e. The van der Waals surface area contributed by atoms with E-state index in [0.29, 0.717) is 0 Å². The third-order valence-electron chi connectivity index (χ3n) is 1.37. The van der Waals surface area contributed by atoms with E-state index in [0.717, 1.165) is 18.2 Å². The first kappa shape index (κ1) is 8.62. The highest BCUT2D eigenvalue weighted by atomic mass is 19.1. The maximum Gasteiger partial charge on any atom is 0.168 e. The third kappa shape index (κ3) is 1.57. The highest BCUT2D eigenvalue weighted by Gasteiger charge is 2.11. The van der Waals surface area contributed by atoms with Gasteiger partial charge in [-0.1, -0.05) is 0 Å².